The molecule has 4 heteroatoms. The smallest absolute Gasteiger partial charge is 0.215 e. The Morgan fingerprint density at radius 3 is 3.20 bits per heavy atom. The Balaban J connectivity index is 2.86. The molecule has 0 amide bonds. The summed E-state index contributed by atoms with van der Waals surface area (Å²) >= 11 is 0. The first-order valence-corrected chi connectivity index (χ1v) is 2.84. The molecular formula is C6H5N3O. The van der Waals surface area contributed by atoms with Crippen molar-refractivity contribution in [2.45, 2.75) is 0 Å². The van der Waals surface area contributed by atoms with E-state index in [2.05, 4.69) is 9.97 Å². The number of aromatic nitrogens is 3. The summed E-state index contributed by atoms with van der Waals surface area (Å²) in [6.45, 7) is 0. The second-order valence-electron chi connectivity index (χ2n) is 1.94. The molecule has 0 aromatic carbocycles. The maximum absolute atomic E-state index is 8.88. The highest BCUT2D eigenvalue weighted by molar-refractivity contribution is 5.39. The molecule has 0 bridgehead atoms. The predicted octanol–water partition coefficient (Wildman–Crippen LogP) is 0.435. The van der Waals surface area contributed by atoms with Gasteiger partial charge in [0.15, 0.2) is 0 Å². The van der Waals surface area contributed by atoms with Crippen molar-refractivity contribution >= 4 is 5.65 Å². The summed E-state index contributed by atoms with van der Waals surface area (Å²) < 4.78 is 1.72. The quantitative estimate of drug-likeness (QED) is 0.570. The summed E-state index contributed by atoms with van der Waals surface area (Å²) in [5, 5.41) is 8.88. The normalized spacial score (nSPS) is 10.4. The van der Waals surface area contributed by atoms with Gasteiger partial charge in [-0.05, 0) is 0 Å². The summed E-state index contributed by atoms with van der Waals surface area (Å²) in [7, 11) is 0. The molecule has 1 N–H and O–H groups in total. The van der Waals surface area contributed by atoms with Crippen molar-refractivity contribution in [1.29, 1.82) is 0 Å². The molecule has 0 saturated heterocycles. The molecule has 2 rings (SSSR count). The van der Waals surface area contributed by atoms with E-state index < -0.39 is 0 Å². The van der Waals surface area contributed by atoms with Gasteiger partial charge in [0, 0.05) is 18.5 Å². The largest absolute Gasteiger partial charge is 0.493 e. The average Bonchev–Trinajstić information content (AvgIpc) is 2.33. The molecule has 4 nitrogen and oxygen atoms in total. The molecule has 0 atom stereocenters. The highest BCUT2D eigenvalue weighted by Gasteiger charge is 1.93. The molecule has 10 heavy (non-hydrogen) atoms. The second kappa shape index (κ2) is 1.70. The van der Waals surface area contributed by atoms with Crippen LogP contribution in [0.4, 0.5) is 0 Å². The topological polar surface area (TPSA) is 50.4 Å². The number of rotatable bonds is 0. The first-order valence-electron chi connectivity index (χ1n) is 2.84. The minimum Gasteiger partial charge on any atom is -0.493 e. The van der Waals surface area contributed by atoms with Crippen LogP contribution in [0.2, 0.25) is 0 Å². The zero-order valence-electron chi connectivity index (χ0n) is 5.10. The van der Waals surface area contributed by atoms with Gasteiger partial charge in [0.25, 0.3) is 0 Å². The standard InChI is InChI=1S/C6H5N3O/c10-6-3-5-7-1-2-9(5)4-8-6/h1-4,10H. The zero-order valence-corrected chi connectivity index (χ0v) is 5.10. The van der Waals surface area contributed by atoms with Crippen LogP contribution in [0.15, 0.2) is 24.8 Å². The molecule has 2 heterocycles. The van der Waals surface area contributed by atoms with E-state index >= 15 is 0 Å². The number of imidazole rings is 1. The van der Waals surface area contributed by atoms with Crippen LogP contribution in [0.1, 0.15) is 0 Å². The van der Waals surface area contributed by atoms with Crippen LogP contribution in [0.25, 0.3) is 5.65 Å². The van der Waals surface area contributed by atoms with Crippen molar-refractivity contribution in [3.05, 3.63) is 24.8 Å². The molecule has 0 aliphatic rings. The van der Waals surface area contributed by atoms with Gasteiger partial charge >= 0.3 is 0 Å². The fourth-order valence-electron chi connectivity index (χ4n) is 0.808. The lowest BCUT2D eigenvalue weighted by atomic mass is 10.6. The molecule has 0 unspecified atom stereocenters. The van der Waals surface area contributed by atoms with Crippen LogP contribution in [0.5, 0.6) is 5.88 Å². The lowest BCUT2D eigenvalue weighted by Gasteiger charge is -1.90. The molecule has 0 aliphatic heterocycles. The van der Waals surface area contributed by atoms with Crippen molar-refractivity contribution in [3.63, 3.8) is 0 Å². The van der Waals surface area contributed by atoms with Crippen LogP contribution in [-0.4, -0.2) is 19.5 Å². The molecule has 0 aliphatic carbocycles. The van der Waals surface area contributed by atoms with E-state index in [0.717, 1.165) is 0 Å². The maximum Gasteiger partial charge on any atom is 0.215 e. The molecule has 0 radical (unpaired) electrons. The highest BCUT2D eigenvalue weighted by Crippen LogP contribution is 2.05. The van der Waals surface area contributed by atoms with E-state index in [4.69, 9.17) is 5.11 Å². The molecule has 2 aromatic heterocycles. The molecule has 2 aromatic rings. The van der Waals surface area contributed by atoms with Gasteiger partial charge in [0.1, 0.15) is 12.0 Å². The van der Waals surface area contributed by atoms with Crippen molar-refractivity contribution in [1.82, 2.24) is 14.4 Å². The highest BCUT2D eigenvalue weighted by atomic mass is 16.3. The van der Waals surface area contributed by atoms with Gasteiger partial charge in [-0.2, -0.15) is 0 Å². The van der Waals surface area contributed by atoms with E-state index in [0.29, 0.717) is 5.65 Å². The number of fused-ring (bicyclic) bond motifs is 1. The van der Waals surface area contributed by atoms with Gasteiger partial charge in [-0.15, -0.1) is 0 Å². The monoisotopic (exact) mass is 135 g/mol. The fourth-order valence-corrected chi connectivity index (χ4v) is 0.808. The fraction of sp³-hybridized carbons (Fsp3) is 0. The van der Waals surface area contributed by atoms with Crippen molar-refractivity contribution in [2.24, 2.45) is 0 Å². The summed E-state index contributed by atoms with van der Waals surface area (Å²) in [4.78, 5) is 7.60. The predicted molar refractivity (Wildman–Crippen MR) is 34.7 cm³/mol. The van der Waals surface area contributed by atoms with E-state index in [1.54, 1.807) is 16.8 Å². The molecule has 50 valence electrons. The van der Waals surface area contributed by atoms with Crippen molar-refractivity contribution in [3.8, 4) is 5.88 Å². The van der Waals surface area contributed by atoms with Crippen LogP contribution in [0, 0.1) is 0 Å². The third-order valence-corrected chi connectivity index (χ3v) is 1.27. The Morgan fingerprint density at radius 1 is 1.40 bits per heavy atom. The number of nitrogens with zero attached hydrogens (tertiary/aromatic N) is 3. The molecular weight excluding hydrogens is 130 g/mol. The Kier molecular flexibility index (Phi) is 0.887. The SMILES string of the molecule is Oc1cc2nccn2cn1. The second-order valence-corrected chi connectivity index (χ2v) is 1.94. The lowest BCUT2D eigenvalue weighted by molar-refractivity contribution is 0.452. The molecule has 0 saturated carbocycles. The van der Waals surface area contributed by atoms with Crippen LogP contribution < -0.4 is 0 Å². The third kappa shape index (κ3) is 0.621. The molecule has 0 fully saturated rings. The number of aromatic hydroxyl groups is 1. The summed E-state index contributed by atoms with van der Waals surface area (Å²) in [5.74, 6) is -0.00120. The van der Waals surface area contributed by atoms with E-state index in [9.17, 15) is 0 Å². The Morgan fingerprint density at radius 2 is 2.30 bits per heavy atom. The van der Waals surface area contributed by atoms with Crippen molar-refractivity contribution in [2.75, 3.05) is 0 Å². The van der Waals surface area contributed by atoms with Gasteiger partial charge in [0.05, 0.1) is 0 Å². The van der Waals surface area contributed by atoms with E-state index in [-0.39, 0.29) is 5.88 Å². The van der Waals surface area contributed by atoms with E-state index in [1.807, 2.05) is 0 Å². The van der Waals surface area contributed by atoms with Crippen LogP contribution in [-0.2, 0) is 0 Å². The first-order chi connectivity index (χ1) is 4.86. The number of hydrogen-bond acceptors (Lipinski definition) is 3. The molecule has 0 spiro atoms. The minimum absolute atomic E-state index is 0.00120. The Labute approximate surface area is 56.8 Å². The Hall–Kier alpha value is -1.58. The number of hydrogen-bond donors (Lipinski definition) is 1. The van der Waals surface area contributed by atoms with Gasteiger partial charge < -0.3 is 5.11 Å². The minimum atomic E-state index is -0.00120. The summed E-state index contributed by atoms with van der Waals surface area (Å²) in [6, 6.07) is 1.50. The maximum atomic E-state index is 8.88. The first kappa shape index (κ1) is 5.22. The van der Waals surface area contributed by atoms with Gasteiger partial charge in [-0.3, -0.25) is 4.40 Å². The van der Waals surface area contributed by atoms with Gasteiger partial charge in [-0.25, -0.2) is 9.97 Å². The summed E-state index contributed by atoms with van der Waals surface area (Å²) in [5.41, 5.74) is 0.701. The van der Waals surface area contributed by atoms with Crippen molar-refractivity contribution < 1.29 is 5.11 Å². The third-order valence-electron chi connectivity index (χ3n) is 1.27. The van der Waals surface area contributed by atoms with Gasteiger partial charge in [0.2, 0.25) is 5.88 Å². The van der Waals surface area contributed by atoms with Gasteiger partial charge in [-0.1, -0.05) is 0 Å². The van der Waals surface area contributed by atoms with E-state index in [1.165, 1.54) is 12.4 Å². The average molecular weight is 135 g/mol. The zero-order chi connectivity index (χ0) is 6.97. The van der Waals surface area contributed by atoms with Crippen LogP contribution in [0.3, 0.4) is 0 Å². The summed E-state index contributed by atoms with van der Waals surface area (Å²) in [6.07, 6.45) is 4.93. The Bertz CT molecular complexity index is 355. The van der Waals surface area contributed by atoms with Crippen LogP contribution >= 0.6 is 0 Å². The lowest BCUT2D eigenvalue weighted by Crippen LogP contribution is -1.83.